The lowest BCUT2D eigenvalue weighted by atomic mass is 10.1. The number of hydrogen-bond donors (Lipinski definition) is 1. The molecule has 1 amide bonds. The largest absolute Gasteiger partial charge is 0.469 e. The molecule has 0 bridgehead atoms. The number of nitrogens with one attached hydrogen (secondary N) is 1. The van der Waals surface area contributed by atoms with E-state index >= 15 is 0 Å². The number of furan rings is 1. The summed E-state index contributed by atoms with van der Waals surface area (Å²) >= 11 is 0. The molecule has 0 aromatic carbocycles. The van der Waals surface area contributed by atoms with Gasteiger partial charge in [0.15, 0.2) is 0 Å². The minimum absolute atomic E-state index is 0.148. The summed E-state index contributed by atoms with van der Waals surface area (Å²) in [5.74, 6) is 1.11. The number of aromatic nitrogens is 2. The van der Waals surface area contributed by atoms with Crippen LogP contribution in [0.4, 0.5) is 5.69 Å². The fourth-order valence-corrected chi connectivity index (χ4v) is 2.27. The van der Waals surface area contributed by atoms with Crippen LogP contribution in [-0.4, -0.2) is 15.7 Å². The fraction of sp³-hybridized carbons (Fsp3) is 0.500. The third kappa shape index (κ3) is 3.35. The van der Waals surface area contributed by atoms with Gasteiger partial charge in [-0.3, -0.25) is 9.48 Å². The van der Waals surface area contributed by atoms with Crippen molar-refractivity contribution in [2.45, 2.75) is 47.6 Å². The maximum atomic E-state index is 12.3. The van der Waals surface area contributed by atoms with E-state index in [0.29, 0.717) is 17.2 Å². The number of carbonyl (C=O) groups is 1. The molecular formula is C16H23N3O2. The molecule has 0 unspecified atom stereocenters. The molecule has 2 aromatic heterocycles. The number of rotatable bonds is 5. The highest BCUT2D eigenvalue weighted by atomic mass is 16.3. The van der Waals surface area contributed by atoms with Gasteiger partial charge < -0.3 is 9.73 Å². The summed E-state index contributed by atoms with van der Waals surface area (Å²) < 4.78 is 7.21. The van der Waals surface area contributed by atoms with Gasteiger partial charge in [0.25, 0.3) is 5.91 Å². The predicted octanol–water partition coefficient (Wildman–Crippen LogP) is 3.70. The first kappa shape index (κ1) is 15.4. The van der Waals surface area contributed by atoms with Gasteiger partial charge in [-0.25, -0.2) is 0 Å². The molecule has 0 saturated heterocycles. The number of amides is 1. The Balaban J connectivity index is 2.12. The van der Waals surface area contributed by atoms with Crippen LogP contribution in [0.5, 0.6) is 0 Å². The summed E-state index contributed by atoms with van der Waals surface area (Å²) in [5, 5.41) is 7.27. The van der Waals surface area contributed by atoms with E-state index in [1.807, 2.05) is 18.5 Å². The second-order valence-electron chi connectivity index (χ2n) is 5.85. The Morgan fingerprint density at radius 1 is 1.38 bits per heavy atom. The Bertz CT molecular complexity index is 618. The first-order valence-corrected chi connectivity index (χ1v) is 7.28. The van der Waals surface area contributed by atoms with E-state index in [9.17, 15) is 4.79 Å². The van der Waals surface area contributed by atoms with Crippen LogP contribution in [0.2, 0.25) is 0 Å². The van der Waals surface area contributed by atoms with Crippen molar-refractivity contribution in [3.05, 3.63) is 35.0 Å². The molecule has 2 rings (SSSR count). The smallest absolute Gasteiger partial charge is 0.259 e. The Hall–Kier alpha value is -2.04. The molecule has 0 fully saturated rings. The molecular weight excluding hydrogens is 266 g/mol. The van der Waals surface area contributed by atoms with Crippen LogP contribution < -0.4 is 5.32 Å². The van der Waals surface area contributed by atoms with Gasteiger partial charge >= 0.3 is 0 Å². The van der Waals surface area contributed by atoms with E-state index in [-0.39, 0.29) is 5.91 Å². The van der Waals surface area contributed by atoms with Crippen LogP contribution in [0.15, 0.2) is 16.9 Å². The highest BCUT2D eigenvalue weighted by Crippen LogP contribution is 2.20. The second-order valence-corrected chi connectivity index (χ2v) is 5.85. The van der Waals surface area contributed by atoms with Crippen molar-refractivity contribution in [3.8, 4) is 0 Å². The van der Waals surface area contributed by atoms with Crippen LogP contribution in [-0.2, 0) is 6.54 Å². The number of nitrogens with zero attached hydrogens (tertiary/aromatic N) is 2. The zero-order chi connectivity index (χ0) is 15.6. The average Bonchev–Trinajstić information content (AvgIpc) is 2.92. The summed E-state index contributed by atoms with van der Waals surface area (Å²) in [4.78, 5) is 12.3. The predicted molar refractivity (Wildman–Crippen MR) is 82.6 cm³/mol. The van der Waals surface area contributed by atoms with Crippen molar-refractivity contribution < 1.29 is 9.21 Å². The Morgan fingerprint density at radius 3 is 2.67 bits per heavy atom. The number of aryl methyl sites for hydroxylation is 3. The van der Waals surface area contributed by atoms with Crippen molar-refractivity contribution in [2.75, 3.05) is 5.32 Å². The number of carbonyl (C=O) groups excluding carboxylic acids is 1. The molecule has 0 aliphatic rings. The number of hydrogen-bond acceptors (Lipinski definition) is 3. The van der Waals surface area contributed by atoms with E-state index in [4.69, 9.17) is 4.42 Å². The Kier molecular flexibility index (Phi) is 4.50. The molecule has 2 heterocycles. The van der Waals surface area contributed by atoms with Gasteiger partial charge in [-0.1, -0.05) is 13.8 Å². The molecule has 1 N–H and O–H groups in total. The molecule has 0 saturated carbocycles. The molecule has 5 heteroatoms. The first-order chi connectivity index (χ1) is 9.90. The molecule has 0 spiro atoms. The molecule has 0 radical (unpaired) electrons. The lowest BCUT2D eigenvalue weighted by Gasteiger charge is -2.08. The van der Waals surface area contributed by atoms with Crippen molar-refractivity contribution in [3.63, 3.8) is 0 Å². The van der Waals surface area contributed by atoms with Crippen LogP contribution in [0, 0.1) is 26.7 Å². The molecule has 114 valence electrons. The van der Waals surface area contributed by atoms with Gasteiger partial charge in [0.05, 0.1) is 29.4 Å². The standard InChI is InChI=1S/C16H23N3O2/c1-10(2)6-7-19-12(4)14(8-17-19)18-16(20)15-11(3)9-21-13(15)5/h8-10H,6-7H2,1-5H3,(H,18,20). The van der Waals surface area contributed by atoms with Gasteiger partial charge in [-0.2, -0.15) is 5.10 Å². The minimum atomic E-state index is -0.148. The van der Waals surface area contributed by atoms with Gasteiger partial charge in [0.1, 0.15) is 5.76 Å². The first-order valence-electron chi connectivity index (χ1n) is 7.28. The zero-order valence-electron chi connectivity index (χ0n) is 13.4. The van der Waals surface area contributed by atoms with Crippen molar-refractivity contribution in [1.82, 2.24) is 9.78 Å². The summed E-state index contributed by atoms with van der Waals surface area (Å²) in [6, 6.07) is 0. The van der Waals surface area contributed by atoms with Crippen LogP contribution in [0.1, 0.15) is 47.6 Å². The van der Waals surface area contributed by atoms with Gasteiger partial charge in [-0.05, 0) is 33.1 Å². The van der Waals surface area contributed by atoms with Gasteiger partial charge in [-0.15, -0.1) is 0 Å². The number of anilines is 1. The van der Waals surface area contributed by atoms with Crippen LogP contribution in [0.25, 0.3) is 0 Å². The fourth-order valence-electron chi connectivity index (χ4n) is 2.27. The van der Waals surface area contributed by atoms with E-state index in [1.54, 1.807) is 19.4 Å². The third-order valence-corrected chi connectivity index (χ3v) is 3.66. The van der Waals surface area contributed by atoms with Crippen molar-refractivity contribution in [1.29, 1.82) is 0 Å². The van der Waals surface area contributed by atoms with Gasteiger partial charge in [0, 0.05) is 12.1 Å². The monoisotopic (exact) mass is 289 g/mol. The normalized spacial score (nSPS) is 11.1. The minimum Gasteiger partial charge on any atom is -0.469 e. The van der Waals surface area contributed by atoms with E-state index in [1.165, 1.54) is 0 Å². The topological polar surface area (TPSA) is 60.1 Å². The average molecular weight is 289 g/mol. The second kappa shape index (κ2) is 6.16. The summed E-state index contributed by atoms with van der Waals surface area (Å²) in [5.41, 5.74) is 3.17. The van der Waals surface area contributed by atoms with E-state index < -0.39 is 0 Å². The highest BCUT2D eigenvalue weighted by molar-refractivity contribution is 6.06. The van der Waals surface area contributed by atoms with Crippen LogP contribution >= 0.6 is 0 Å². The lowest BCUT2D eigenvalue weighted by Crippen LogP contribution is -2.14. The van der Waals surface area contributed by atoms with E-state index in [2.05, 4.69) is 24.3 Å². The van der Waals surface area contributed by atoms with Crippen molar-refractivity contribution >= 4 is 11.6 Å². The molecule has 0 aliphatic heterocycles. The highest BCUT2D eigenvalue weighted by Gasteiger charge is 2.17. The summed E-state index contributed by atoms with van der Waals surface area (Å²) in [6.07, 6.45) is 4.37. The third-order valence-electron chi connectivity index (χ3n) is 3.66. The summed E-state index contributed by atoms with van der Waals surface area (Å²) in [6.45, 7) is 10.9. The molecule has 0 atom stereocenters. The molecule has 2 aromatic rings. The lowest BCUT2D eigenvalue weighted by molar-refractivity contribution is 0.102. The quantitative estimate of drug-likeness (QED) is 0.913. The molecule has 21 heavy (non-hydrogen) atoms. The molecule has 5 nitrogen and oxygen atoms in total. The van der Waals surface area contributed by atoms with Crippen molar-refractivity contribution in [2.24, 2.45) is 5.92 Å². The summed E-state index contributed by atoms with van der Waals surface area (Å²) in [7, 11) is 0. The Morgan fingerprint density at radius 2 is 2.10 bits per heavy atom. The Labute approximate surface area is 125 Å². The maximum absolute atomic E-state index is 12.3. The maximum Gasteiger partial charge on any atom is 0.259 e. The van der Waals surface area contributed by atoms with Crippen LogP contribution in [0.3, 0.4) is 0 Å². The SMILES string of the molecule is Cc1coc(C)c1C(=O)Nc1cnn(CCC(C)C)c1C. The zero-order valence-corrected chi connectivity index (χ0v) is 13.4. The van der Waals surface area contributed by atoms with E-state index in [0.717, 1.165) is 29.9 Å². The van der Waals surface area contributed by atoms with Gasteiger partial charge in [0.2, 0.25) is 0 Å². The molecule has 0 aliphatic carbocycles.